The first-order valence-electron chi connectivity index (χ1n) is 31.0. The van der Waals surface area contributed by atoms with E-state index in [1.54, 1.807) is 78.6 Å². The van der Waals surface area contributed by atoms with Crippen LogP contribution in [0.4, 0.5) is 45.2 Å². The number of pyridine rings is 3. The molecule has 0 spiro atoms. The Morgan fingerprint density at radius 3 is 1.18 bits per heavy atom. The van der Waals surface area contributed by atoms with Crippen LogP contribution < -0.4 is 30.0 Å². The number of methoxy groups -OCH3 is 4. The van der Waals surface area contributed by atoms with Crippen molar-refractivity contribution < 1.29 is 72.8 Å². The molecule has 0 bridgehead atoms. The van der Waals surface area contributed by atoms with E-state index in [2.05, 4.69) is 20.3 Å². The molecule has 0 unspecified atom stereocenters. The highest BCUT2D eigenvalue weighted by Crippen LogP contribution is 2.39. The average Bonchev–Trinajstić information content (AvgIpc) is 1.67. The molecule has 24 heteroatoms. The minimum absolute atomic E-state index is 0.0472. The minimum Gasteiger partial charge on any atom is -0.497 e. The van der Waals surface area contributed by atoms with Crippen molar-refractivity contribution in [2.45, 2.75) is 45.6 Å². The monoisotopic (exact) mass is 1400 g/mol. The van der Waals surface area contributed by atoms with E-state index in [9.17, 15) is 53.9 Å². The van der Waals surface area contributed by atoms with Gasteiger partial charge in [-0.25, -0.2) is 54.5 Å². The fourth-order valence-corrected chi connectivity index (χ4v) is 12.0. The van der Waals surface area contributed by atoms with Gasteiger partial charge in [-0.2, -0.15) is 0 Å². The molecule has 3 N–H and O–H groups in total. The molecule has 0 aliphatic carbocycles. The number of nitrogens with two attached hydrogens (primary N) is 1. The number of nitrogens with one attached hydrogen (secondary N) is 1. The van der Waals surface area contributed by atoms with Crippen LogP contribution in [0.15, 0.2) is 182 Å². The number of aromatic nitrogens is 3. The van der Waals surface area contributed by atoms with E-state index >= 15 is 0 Å². The van der Waals surface area contributed by atoms with Gasteiger partial charge in [0.15, 0.2) is 0 Å². The topological polar surface area (TPSA) is 171 Å². The number of carbonyl (C=O) groups is 3. The van der Waals surface area contributed by atoms with Gasteiger partial charge >= 0.3 is 0 Å². The van der Waals surface area contributed by atoms with Crippen LogP contribution in [0.25, 0.3) is 33.8 Å². The first kappa shape index (κ1) is 70.6. The maximum Gasteiger partial charge on any atom is 0.257 e. The lowest BCUT2D eigenvalue weighted by Gasteiger charge is -2.18. The molecule has 3 aliphatic heterocycles. The molecule has 101 heavy (non-hydrogen) atoms. The van der Waals surface area contributed by atoms with Gasteiger partial charge < -0.3 is 39.8 Å². The maximum absolute atomic E-state index is 14.7. The van der Waals surface area contributed by atoms with Crippen molar-refractivity contribution >= 4 is 35.0 Å². The third-order valence-electron chi connectivity index (χ3n) is 16.6. The number of hydrogen-bond acceptors (Lipinski definition) is 11. The van der Waals surface area contributed by atoms with E-state index in [0.717, 1.165) is 46.5 Å². The lowest BCUT2D eigenvalue weighted by atomic mass is 9.97. The predicted molar refractivity (Wildman–Crippen MR) is 360 cm³/mol. The zero-order valence-electron chi connectivity index (χ0n) is 54.2. The molecule has 6 heterocycles. The zero-order valence-corrected chi connectivity index (χ0v) is 55.0. The second-order valence-electron chi connectivity index (χ2n) is 23.1. The number of ether oxygens (including phenoxy) is 4. The number of nitrogens with zero attached hydrogens (tertiary/aromatic N) is 5. The van der Waals surface area contributed by atoms with Gasteiger partial charge in [0.05, 0.1) is 134 Å². The van der Waals surface area contributed by atoms with E-state index in [1.165, 1.54) is 105 Å². The second kappa shape index (κ2) is 31.0. The highest BCUT2D eigenvalue weighted by molar-refractivity contribution is 6.34. The molecular formula is C77H59ClF9N7O7. The van der Waals surface area contributed by atoms with Crippen molar-refractivity contribution in [2.24, 2.45) is 0 Å². The van der Waals surface area contributed by atoms with Gasteiger partial charge in [-0.15, -0.1) is 0 Å². The van der Waals surface area contributed by atoms with Crippen molar-refractivity contribution in [2.75, 3.05) is 34.2 Å². The predicted octanol–water partition coefficient (Wildman–Crippen LogP) is 16.2. The third kappa shape index (κ3) is 15.9. The van der Waals surface area contributed by atoms with Crippen molar-refractivity contribution in [3.63, 3.8) is 0 Å². The lowest BCUT2D eigenvalue weighted by Crippen LogP contribution is -2.24. The summed E-state index contributed by atoms with van der Waals surface area (Å²) in [5.74, 6) is -3.85. The van der Waals surface area contributed by atoms with Crippen LogP contribution in [0, 0.1) is 52.4 Å². The lowest BCUT2D eigenvalue weighted by molar-refractivity contribution is 0.0757. The Labute approximate surface area is 578 Å². The van der Waals surface area contributed by atoms with E-state index in [4.69, 9.17) is 36.3 Å². The normalized spacial score (nSPS) is 12.4. The summed E-state index contributed by atoms with van der Waals surface area (Å²) >= 11 is 6.32. The van der Waals surface area contributed by atoms with Gasteiger partial charge in [-0.05, 0) is 162 Å². The Balaban J connectivity index is 0.000000146. The van der Waals surface area contributed by atoms with Crippen LogP contribution in [0.5, 0.6) is 23.0 Å². The van der Waals surface area contributed by atoms with Crippen LogP contribution in [0.2, 0.25) is 5.02 Å². The number of rotatable bonds is 15. The van der Waals surface area contributed by atoms with Gasteiger partial charge in [-0.1, -0.05) is 54.1 Å². The van der Waals surface area contributed by atoms with Gasteiger partial charge in [0.1, 0.15) is 75.4 Å². The second-order valence-corrected chi connectivity index (χ2v) is 23.5. The van der Waals surface area contributed by atoms with Gasteiger partial charge in [0.25, 0.3) is 17.7 Å². The van der Waals surface area contributed by atoms with E-state index < -0.39 is 34.9 Å². The number of halogens is 10. The SMILES string of the molecule is COc1ccc(CN2Cc3nc(-c4c(F)cccc4F)cc(Cc4ccc(F)cc4)c3C2=O)c(OC)c1.COc1ccc(CN2Cc3nc(-c4c(F)cccc4F)cc(Cl)c3C2=O)c(OC)c1.Nc1ccc(F)cc1.O=C1NCc2nc(-c3c(F)cccc3F)cc(Cc3ccc(F)cc3)c21. The minimum atomic E-state index is -0.748. The fraction of sp³-hybridized carbons (Fsp3) is 0.143. The summed E-state index contributed by atoms with van der Waals surface area (Å²) in [5.41, 5.74) is 11.9. The van der Waals surface area contributed by atoms with E-state index in [-0.39, 0.29) is 119 Å². The largest absolute Gasteiger partial charge is 0.497 e. The molecular weight excluding hydrogens is 1340 g/mol. The van der Waals surface area contributed by atoms with Crippen LogP contribution in [-0.2, 0) is 45.6 Å². The van der Waals surface area contributed by atoms with Crippen molar-refractivity contribution in [3.05, 3.63) is 307 Å². The average molecular weight is 1400 g/mol. The van der Waals surface area contributed by atoms with Crippen molar-refractivity contribution in [1.82, 2.24) is 30.1 Å². The molecule has 14 nitrogen and oxygen atoms in total. The number of hydrogen-bond donors (Lipinski definition) is 2. The Morgan fingerprint density at radius 2 is 0.782 bits per heavy atom. The van der Waals surface area contributed by atoms with Gasteiger partial charge in [0, 0.05) is 28.9 Å². The van der Waals surface area contributed by atoms with Crippen molar-refractivity contribution in [3.8, 4) is 56.8 Å². The van der Waals surface area contributed by atoms with Crippen LogP contribution >= 0.6 is 11.6 Å². The quantitative estimate of drug-likeness (QED) is 0.0739. The van der Waals surface area contributed by atoms with Crippen molar-refractivity contribution in [1.29, 1.82) is 0 Å². The number of fused-ring (bicyclic) bond motifs is 3. The van der Waals surface area contributed by atoms with Crippen LogP contribution in [0.1, 0.15) is 81.5 Å². The Hall–Kier alpha value is -11.7. The maximum atomic E-state index is 14.7. The molecule has 514 valence electrons. The van der Waals surface area contributed by atoms with Crippen LogP contribution in [0.3, 0.4) is 0 Å². The molecule has 0 atom stereocenters. The number of carbonyl (C=O) groups excluding carboxylic acids is 3. The Bertz CT molecular complexity index is 4880. The molecule has 3 aliphatic rings. The Morgan fingerprint density at radius 1 is 0.416 bits per heavy atom. The summed E-state index contributed by atoms with van der Waals surface area (Å²) in [6, 6.07) is 43.3. The van der Waals surface area contributed by atoms with Gasteiger partial charge in [0.2, 0.25) is 0 Å². The molecule has 0 fully saturated rings. The molecule has 8 aromatic carbocycles. The molecule has 3 amide bonds. The molecule has 0 saturated carbocycles. The Kier molecular flexibility index (Phi) is 21.7. The molecule has 14 rings (SSSR count). The van der Waals surface area contributed by atoms with E-state index in [0.29, 0.717) is 74.4 Å². The smallest absolute Gasteiger partial charge is 0.257 e. The summed E-state index contributed by atoms with van der Waals surface area (Å²) in [7, 11) is 6.18. The molecule has 3 aromatic heterocycles. The number of amides is 3. The highest BCUT2D eigenvalue weighted by Gasteiger charge is 2.36. The first-order valence-corrected chi connectivity index (χ1v) is 31.4. The summed E-state index contributed by atoms with van der Waals surface area (Å²) in [6.07, 6.45) is 0.585. The summed E-state index contributed by atoms with van der Waals surface area (Å²) in [4.78, 5) is 55.0. The summed E-state index contributed by atoms with van der Waals surface area (Å²) < 4.78 is 146. The number of benzene rings is 8. The third-order valence-corrected chi connectivity index (χ3v) is 16.9. The first-order chi connectivity index (χ1) is 48.6. The zero-order chi connectivity index (χ0) is 71.8. The van der Waals surface area contributed by atoms with Crippen LogP contribution in [-0.4, -0.2) is 70.9 Å². The highest BCUT2D eigenvalue weighted by atomic mass is 35.5. The summed E-state index contributed by atoms with van der Waals surface area (Å²) in [5, 5.41) is 2.78. The number of anilines is 1. The molecule has 11 aromatic rings. The van der Waals surface area contributed by atoms with Gasteiger partial charge in [-0.3, -0.25) is 14.4 Å². The molecule has 0 saturated heterocycles. The number of nitrogen functional groups attached to an aromatic ring is 1. The molecule has 0 radical (unpaired) electrons. The van der Waals surface area contributed by atoms with E-state index in [1.807, 2.05) is 12.1 Å². The summed E-state index contributed by atoms with van der Waals surface area (Å²) in [6.45, 7) is 1.01. The standard InChI is InChI=1S/C29H23F3N2O3.C22H17ClF2N2O3.C20H13F3N2O.C6H6FN/c1-36-21-11-8-18(26(14-21)37-2)15-34-16-25-27(29(34)35)19(12-17-6-9-20(30)10-7-17)13-24(33-25)28-22(31)4-3-5-23(28)32;1-29-13-7-6-12(19(8-13)30-2)10-27-11-18-20(22(27)28)14(23)9-17(26-18)21-15(24)4-3-5-16(21)25;21-13-6-4-11(5-7-13)8-12-9-16(19-14(22)2-1-3-15(19)23)25-17-10-24-20(26)18(12)17;7-5-1-3-6(8)4-2-5/h3-11,13-14H,12,15-16H2,1-2H3;3-9H,10-11H2,1-2H3;1-7,9H,8,10H2,(H,24,26);1-4H,8H2. The fourth-order valence-electron chi connectivity index (χ4n) is 11.7.